The van der Waals surface area contributed by atoms with Crippen molar-refractivity contribution in [3.63, 3.8) is 0 Å². The summed E-state index contributed by atoms with van der Waals surface area (Å²) in [7, 11) is 0. The van der Waals surface area contributed by atoms with E-state index in [-0.39, 0.29) is 11.8 Å². The lowest BCUT2D eigenvalue weighted by atomic mass is 9.87. The first kappa shape index (κ1) is 8.97. The molecule has 3 nitrogen and oxygen atoms in total. The first-order valence-corrected chi connectivity index (χ1v) is 3.84. The Morgan fingerprint density at radius 1 is 1.58 bits per heavy atom. The molecule has 0 saturated carbocycles. The molecule has 3 heteroatoms. The molecule has 0 aromatic heterocycles. The lowest BCUT2D eigenvalue weighted by molar-refractivity contribution is -0.150. The Bertz CT molecular complexity index is 250. The van der Waals surface area contributed by atoms with E-state index in [1.54, 1.807) is 19.9 Å². The lowest BCUT2D eigenvalue weighted by Crippen LogP contribution is -2.33. The molecule has 0 unspecified atom stereocenters. The number of esters is 1. The summed E-state index contributed by atoms with van der Waals surface area (Å²) in [5.74, 6) is -0.346. The van der Waals surface area contributed by atoms with Crippen LogP contribution in [0.4, 0.5) is 0 Å². The van der Waals surface area contributed by atoms with E-state index >= 15 is 0 Å². The van der Waals surface area contributed by atoms with Crippen LogP contribution in [0.5, 0.6) is 0 Å². The Kier molecular flexibility index (Phi) is 2.04. The van der Waals surface area contributed by atoms with Crippen LogP contribution in [-0.4, -0.2) is 17.9 Å². The van der Waals surface area contributed by atoms with Gasteiger partial charge in [0.1, 0.15) is 6.10 Å². The van der Waals surface area contributed by atoms with Crippen molar-refractivity contribution < 1.29 is 14.3 Å². The quantitative estimate of drug-likeness (QED) is 0.550. The Hall–Kier alpha value is -1.12. The van der Waals surface area contributed by atoms with Crippen LogP contribution in [-0.2, 0) is 14.3 Å². The highest BCUT2D eigenvalue weighted by Crippen LogP contribution is 2.31. The van der Waals surface area contributed by atoms with Gasteiger partial charge in [-0.1, -0.05) is 0 Å². The maximum Gasteiger partial charge on any atom is 0.303 e. The second kappa shape index (κ2) is 2.73. The molecule has 0 amide bonds. The van der Waals surface area contributed by atoms with Gasteiger partial charge < -0.3 is 4.74 Å². The first-order chi connectivity index (χ1) is 5.44. The number of hydrogen-bond donors (Lipinski definition) is 0. The van der Waals surface area contributed by atoms with Crippen molar-refractivity contribution in [3.8, 4) is 0 Å². The second-order valence-electron chi connectivity index (χ2n) is 3.48. The average molecular weight is 168 g/mol. The molecule has 66 valence electrons. The molecule has 0 bridgehead atoms. The third-order valence-electron chi connectivity index (χ3n) is 2.06. The van der Waals surface area contributed by atoms with Gasteiger partial charge in [-0.3, -0.25) is 9.59 Å². The smallest absolute Gasteiger partial charge is 0.303 e. The Balaban J connectivity index is 2.75. The molecule has 1 aliphatic rings. The van der Waals surface area contributed by atoms with Gasteiger partial charge in [-0.25, -0.2) is 0 Å². The largest absolute Gasteiger partial charge is 0.457 e. The molecule has 0 N–H and O–H groups in total. The van der Waals surface area contributed by atoms with Crippen molar-refractivity contribution in [1.29, 1.82) is 0 Å². The summed E-state index contributed by atoms with van der Waals surface area (Å²) in [5.41, 5.74) is -0.592. The van der Waals surface area contributed by atoms with Crippen LogP contribution in [0.25, 0.3) is 0 Å². The SMILES string of the molecule is CC(=O)O[C@H]1C=CC(=O)C1(C)C. The molecule has 0 spiro atoms. The van der Waals surface area contributed by atoms with Crippen molar-refractivity contribution in [2.24, 2.45) is 5.41 Å². The topological polar surface area (TPSA) is 43.4 Å². The van der Waals surface area contributed by atoms with Gasteiger partial charge in [0, 0.05) is 6.92 Å². The summed E-state index contributed by atoms with van der Waals surface area (Å²) in [6.45, 7) is 4.87. The zero-order valence-corrected chi connectivity index (χ0v) is 7.46. The minimum atomic E-state index is -0.592. The van der Waals surface area contributed by atoms with Gasteiger partial charge in [-0.15, -0.1) is 0 Å². The van der Waals surface area contributed by atoms with E-state index in [0.29, 0.717) is 0 Å². The van der Waals surface area contributed by atoms with E-state index in [9.17, 15) is 9.59 Å². The number of rotatable bonds is 1. The summed E-state index contributed by atoms with van der Waals surface area (Å²) in [6, 6.07) is 0. The number of allylic oxidation sites excluding steroid dienone is 1. The zero-order chi connectivity index (χ0) is 9.35. The zero-order valence-electron chi connectivity index (χ0n) is 7.46. The Labute approximate surface area is 71.4 Å². The Morgan fingerprint density at radius 2 is 2.17 bits per heavy atom. The highest BCUT2D eigenvalue weighted by Gasteiger charge is 2.40. The summed E-state index contributed by atoms with van der Waals surface area (Å²) in [6.07, 6.45) is 2.69. The van der Waals surface area contributed by atoms with E-state index in [1.165, 1.54) is 13.0 Å². The van der Waals surface area contributed by atoms with Crippen molar-refractivity contribution in [1.82, 2.24) is 0 Å². The maximum absolute atomic E-state index is 11.2. The monoisotopic (exact) mass is 168 g/mol. The van der Waals surface area contributed by atoms with Crippen molar-refractivity contribution in [2.75, 3.05) is 0 Å². The van der Waals surface area contributed by atoms with E-state index < -0.39 is 11.5 Å². The fraction of sp³-hybridized carbons (Fsp3) is 0.556. The number of carbonyl (C=O) groups excluding carboxylic acids is 2. The Morgan fingerprint density at radius 3 is 2.50 bits per heavy atom. The van der Waals surface area contributed by atoms with E-state index in [2.05, 4.69) is 0 Å². The standard InChI is InChI=1S/C9H12O3/c1-6(10)12-8-5-4-7(11)9(8,2)3/h4-5,8H,1-3H3/t8-/m0/s1. The maximum atomic E-state index is 11.2. The molecular weight excluding hydrogens is 156 g/mol. The van der Waals surface area contributed by atoms with Crippen LogP contribution >= 0.6 is 0 Å². The number of hydrogen-bond acceptors (Lipinski definition) is 3. The minimum Gasteiger partial charge on any atom is -0.457 e. The summed E-state index contributed by atoms with van der Waals surface area (Å²) in [5, 5.41) is 0. The summed E-state index contributed by atoms with van der Waals surface area (Å²) in [4.78, 5) is 21.8. The second-order valence-corrected chi connectivity index (χ2v) is 3.48. The van der Waals surface area contributed by atoms with Crippen molar-refractivity contribution in [3.05, 3.63) is 12.2 Å². The fourth-order valence-corrected chi connectivity index (χ4v) is 1.14. The molecule has 0 heterocycles. The van der Waals surface area contributed by atoms with E-state index in [0.717, 1.165) is 0 Å². The summed E-state index contributed by atoms with van der Waals surface area (Å²) < 4.78 is 4.95. The van der Waals surface area contributed by atoms with Gasteiger partial charge in [-0.05, 0) is 26.0 Å². The van der Waals surface area contributed by atoms with Gasteiger partial charge >= 0.3 is 5.97 Å². The van der Waals surface area contributed by atoms with E-state index in [1.807, 2.05) is 0 Å². The lowest BCUT2D eigenvalue weighted by Gasteiger charge is -2.24. The van der Waals surface area contributed by atoms with Crippen molar-refractivity contribution >= 4 is 11.8 Å². The van der Waals surface area contributed by atoms with Gasteiger partial charge in [0.15, 0.2) is 5.78 Å². The third kappa shape index (κ3) is 1.40. The molecular formula is C9H12O3. The molecule has 1 atom stereocenters. The molecule has 0 aliphatic heterocycles. The molecule has 12 heavy (non-hydrogen) atoms. The van der Waals surface area contributed by atoms with Crippen LogP contribution in [0.2, 0.25) is 0 Å². The molecule has 1 rings (SSSR count). The third-order valence-corrected chi connectivity index (χ3v) is 2.06. The van der Waals surface area contributed by atoms with Gasteiger partial charge in [0.2, 0.25) is 0 Å². The number of ketones is 1. The predicted octanol–water partition coefficient (Wildman–Crippen LogP) is 1.08. The van der Waals surface area contributed by atoms with Crippen molar-refractivity contribution in [2.45, 2.75) is 26.9 Å². The van der Waals surface area contributed by atoms with Crippen LogP contribution in [0.3, 0.4) is 0 Å². The normalized spacial score (nSPS) is 25.9. The molecule has 1 aliphatic carbocycles. The minimum absolute atomic E-state index is 0.00810. The van der Waals surface area contributed by atoms with Gasteiger partial charge in [0.25, 0.3) is 0 Å². The van der Waals surface area contributed by atoms with Crippen LogP contribution in [0.15, 0.2) is 12.2 Å². The molecule has 0 aromatic rings. The fourth-order valence-electron chi connectivity index (χ4n) is 1.14. The van der Waals surface area contributed by atoms with Crippen LogP contribution in [0.1, 0.15) is 20.8 Å². The average Bonchev–Trinajstić information content (AvgIpc) is 2.15. The molecule has 0 aromatic carbocycles. The molecule has 0 radical (unpaired) electrons. The van der Waals surface area contributed by atoms with Gasteiger partial charge in [-0.2, -0.15) is 0 Å². The summed E-state index contributed by atoms with van der Waals surface area (Å²) >= 11 is 0. The highest BCUT2D eigenvalue weighted by molar-refractivity contribution is 5.97. The highest BCUT2D eigenvalue weighted by atomic mass is 16.5. The predicted molar refractivity (Wildman–Crippen MR) is 43.5 cm³/mol. The van der Waals surface area contributed by atoms with Crippen LogP contribution in [0, 0.1) is 5.41 Å². The molecule has 0 saturated heterocycles. The number of carbonyl (C=O) groups is 2. The van der Waals surface area contributed by atoms with E-state index in [4.69, 9.17) is 4.74 Å². The molecule has 0 fully saturated rings. The van der Waals surface area contributed by atoms with Crippen LogP contribution < -0.4 is 0 Å². The first-order valence-electron chi connectivity index (χ1n) is 3.84. The number of ether oxygens (including phenoxy) is 1. The van der Waals surface area contributed by atoms with Gasteiger partial charge in [0.05, 0.1) is 5.41 Å².